The Kier molecular flexibility index (Phi) is 4.61. The van der Waals surface area contributed by atoms with Gasteiger partial charge in [0.2, 0.25) is 5.96 Å². The van der Waals surface area contributed by atoms with E-state index in [1.807, 2.05) is 20.8 Å². The normalized spacial score (nSPS) is 13.2. The molecular formula is C7H17N3O2. The van der Waals surface area contributed by atoms with Gasteiger partial charge < -0.3 is 10.5 Å². The summed E-state index contributed by atoms with van der Waals surface area (Å²) in [6.07, 6.45) is 0. The molecule has 72 valence electrons. The first-order chi connectivity index (χ1) is 5.52. The number of rotatable bonds is 4. The number of guanidine groups is 1. The van der Waals surface area contributed by atoms with E-state index in [1.165, 1.54) is 0 Å². The standard InChI is InChI=1S/C7H17N3O2/c1-4-12-7(2,3)5-9-6(8)10-11/h11H,4-5H2,1-3H3,(H3,8,9,10). The van der Waals surface area contributed by atoms with Crippen molar-refractivity contribution in [1.29, 1.82) is 0 Å². The van der Waals surface area contributed by atoms with Gasteiger partial charge in [0.05, 0.1) is 12.1 Å². The highest BCUT2D eigenvalue weighted by Gasteiger charge is 2.16. The van der Waals surface area contributed by atoms with E-state index in [9.17, 15) is 0 Å². The molecular weight excluding hydrogens is 158 g/mol. The molecule has 0 heterocycles. The summed E-state index contributed by atoms with van der Waals surface area (Å²) in [5.74, 6) is 0.00257. The molecule has 0 atom stereocenters. The van der Waals surface area contributed by atoms with Gasteiger partial charge in [-0.25, -0.2) is 10.5 Å². The molecule has 0 aliphatic rings. The molecule has 4 N–H and O–H groups in total. The Balaban J connectivity index is 3.89. The number of nitrogens with two attached hydrogens (primary N) is 1. The lowest BCUT2D eigenvalue weighted by Gasteiger charge is -2.22. The van der Waals surface area contributed by atoms with Crippen molar-refractivity contribution < 1.29 is 9.94 Å². The summed E-state index contributed by atoms with van der Waals surface area (Å²) in [4.78, 5) is 3.84. The predicted octanol–water partition coefficient (Wildman–Crippen LogP) is 0.0950. The van der Waals surface area contributed by atoms with Crippen molar-refractivity contribution >= 4 is 5.96 Å². The lowest BCUT2D eigenvalue weighted by atomic mass is 10.1. The Morgan fingerprint density at radius 3 is 2.67 bits per heavy atom. The van der Waals surface area contributed by atoms with Gasteiger partial charge in [-0.1, -0.05) is 0 Å². The topological polar surface area (TPSA) is 79.9 Å². The Morgan fingerprint density at radius 2 is 2.25 bits per heavy atom. The molecule has 0 saturated heterocycles. The van der Waals surface area contributed by atoms with Crippen molar-refractivity contribution in [2.24, 2.45) is 10.7 Å². The van der Waals surface area contributed by atoms with E-state index < -0.39 is 0 Å². The monoisotopic (exact) mass is 175 g/mol. The zero-order valence-electron chi connectivity index (χ0n) is 7.79. The number of hydrogen-bond acceptors (Lipinski definition) is 3. The Bertz CT molecular complexity index is 157. The van der Waals surface area contributed by atoms with Crippen LogP contribution < -0.4 is 11.2 Å². The number of hydroxylamine groups is 1. The third-order valence-electron chi connectivity index (χ3n) is 1.28. The first-order valence-electron chi connectivity index (χ1n) is 3.86. The molecule has 0 aliphatic carbocycles. The van der Waals surface area contributed by atoms with E-state index in [0.29, 0.717) is 13.2 Å². The quantitative estimate of drug-likeness (QED) is 0.321. The van der Waals surface area contributed by atoms with E-state index in [-0.39, 0.29) is 11.6 Å². The van der Waals surface area contributed by atoms with Crippen LogP contribution in [0.1, 0.15) is 20.8 Å². The second kappa shape index (κ2) is 4.95. The minimum absolute atomic E-state index is 0.00257. The molecule has 5 nitrogen and oxygen atoms in total. The fourth-order valence-corrected chi connectivity index (χ4v) is 0.747. The maximum atomic E-state index is 8.31. The van der Waals surface area contributed by atoms with Crippen molar-refractivity contribution in [2.75, 3.05) is 13.2 Å². The molecule has 0 aromatic heterocycles. The van der Waals surface area contributed by atoms with E-state index in [1.54, 1.807) is 5.48 Å². The zero-order valence-corrected chi connectivity index (χ0v) is 7.79. The Labute approximate surface area is 72.6 Å². The summed E-state index contributed by atoms with van der Waals surface area (Å²) in [5.41, 5.74) is 6.62. The minimum atomic E-state index is -0.337. The Morgan fingerprint density at radius 1 is 1.67 bits per heavy atom. The number of hydrogen-bond donors (Lipinski definition) is 3. The predicted molar refractivity (Wildman–Crippen MR) is 47.1 cm³/mol. The third-order valence-corrected chi connectivity index (χ3v) is 1.28. The maximum absolute atomic E-state index is 8.31. The molecule has 12 heavy (non-hydrogen) atoms. The molecule has 0 spiro atoms. The van der Waals surface area contributed by atoms with Gasteiger partial charge in [0.1, 0.15) is 0 Å². The SMILES string of the molecule is CCOC(C)(C)CN=C(N)NO. The molecule has 0 aromatic rings. The fourth-order valence-electron chi connectivity index (χ4n) is 0.747. The van der Waals surface area contributed by atoms with Crippen LogP contribution in [0.5, 0.6) is 0 Å². The van der Waals surface area contributed by atoms with Crippen molar-refractivity contribution in [1.82, 2.24) is 5.48 Å². The van der Waals surface area contributed by atoms with E-state index in [2.05, 4.69) is 4.99 Å². The molecule has 0 aromatic carbocycles. The number of ether oxygens (including phenoxy) is 1. The van der Waals surface area contributed by atoms with Crippen LogP contribution >= 0.6 is 0 Å². The lowest BCUT2D eigenvalue weighted by molar-refractivity contribution is -0.00227. The number of aliphatic imine (C=N–C) groups is 1. The van der Waals surface area contributed by atoms with Crippen LogP contribution in [0.4, 0.5) is 0 Å². The lowest BCUT2D eigenvalue weighted by Crippen LogP contribution is -2.33. The van der Waals surface area contributed by atoms with Gasteiger partial charge in [0.15, 0.2) is 0 Å². The van der Waals surface area contributed by atoms with E-state index in [0.717, 1.165) is 0 Å². The summed E-state index contributed by atoms with van der Waals surface area (Å²) < 4.78 is 5.35. The fraction of sp³-hybridized carbons (Fsp3) is 0.857. The Hall–Kier alpha value is -0.810. The van der Waals surface area contributed by atoms with Crippen LogP contribution in [0.25, 0.3) is 0 Å². The summed E-state index contributed by atoms with van der Waals surface area (Å²) in [6, 6.07) is 0. The van der Waals surface area contributed by atoms with E-state index in [4.69, 9.17) is 15.7 Å². The second-order valence-electron chi connectivity index (χ2n) is 3.01. The highest BCUT2D eigenvalue weighted by Crippen LogP contribution is 2.08. The van der Waals surface area contributed by atoms with Gasteiger partial charge in [-0.3, -0.25) is 5.21 Å². The van der Waals surface area contributed by atoms with Gasteiger partial charge in [-0.2, -0.15) is 0 Å². The van der Waals surface area contributed by atoms with Crippen molar-refractivity contribution in [2.45, 2.75) is 26.4 Å². The molecule has 0 unspecified atom stereocenters. The molecule has 0 bridgehead atoms. The molecule has 0 saturated carbocycles. The van der Waals surface area contributed by atoms with Crippen LogP contribution in [0.15, 0.2) is 4.99 Å². The molecule has 0 radical (unpaired) electrons. The summed E-state index contributed by atoms with van der Waals surface area (Å²) in [5, 5.41) is 8.31. The smallest absolute Gasteiger partial charge is 0.212 e. The largest absolute Gasteiger partial charge is 0.374 e. The highest BCUT2D eigenvalue weighted by atomic mass is 16.5. The second-order valence-corrected chi connectivity index (χ2v) is 3.01. The minimum Gasteiger partial charge on any atom is -0.374 e. The van der Waals surface area contributed by atoms with Crippen molar-refractivity contribution in [3.05, 3.63) is 0 Å². The molecule has 5 heteroatoms. The molecule has 0 fully saturated rings. The summed E-state index contributed by atoms with van der Waals surface area (Å²) >= 11 is 0. The van der Waals surface area contributed by atoms with Gasteiger partial charge in [0.25, 0.3) is 0 Å². The summed E-state index contributed by atoms with van der Waals surface area (Å²) in [6.45, 7) is 6.78. The molecule has 0 aliphatic heterocycles. The van der Waals surface area contributed by atoms with Crippen molar-refractivity contribution in [3.63, 3.8) is 0 Å². The van der Waals surface area contributed by atoms with Gasteiger partial charge >= 0.3 is 0 Å². The van der Waals surface area contributed by atoms with Crippen LogP contribution in [0, 0.1) is 0 Å². The first kappa shape index (κ1) is 11.2. The third kappa shape index (κ3) is 4.92. The number of nitrogens with one attached hydrogen (secondary N) is 1. The maximum Gasteiger partial charge on any atom is 0.212 e. The van der Waals surface area contributed by atoms with Gasteiger partial charge in [-0.15, -0.1) is 0 Å². The van der Waals surface area contributed by atoms with Crippen LogP contribution in [0.2, 0.25) is 0 Å². The number of nitrogens with zero attached hydrogens (tertiary/aromatic N) is 1. The molecule has 0 amide bonds. The van der Waals surface area contributed by atoms with Crippen molar-refractivity contribution in [3.8, 4) is 0 Å². The van der Waals surface area contributed by atoms with Gasteiger partial charge in [0, 0.05) is 6.61 Å². The zero-order chi connectivity index (χ0) is 9.61. The average Bonchev–Trinajstić information content (AvgIpc) is 2.00. The van der Waals surface area contributed by atoms with Crippen LogP contribution in [-0.4, -0.2) is 29.9 Å². The molecule has 0 rings (SSSR count). The van der Waals surface area contributed by atoms with Crippen LogP contribution in [-0.2, 0) is 4.74 Å². The first-order valence-corrected chi connectivity index (χ1v) is 3.86. The van der Waals surface area contributed by atoms with Crippen LogP contribution in [0.3, 0.4) is 0 Å². The highest BCUT2D eigenvalue weighted by molar-refractivity contribution is 5.76. The van der Waals surface area contributed by atoms with Gasteiger partial charge in [-0.05, 0) is 20.8 Å². The average molecular weight is 175 g/mol. The van der Waals surface area contributed by atoms with E-state index >= 15 is 0 Å². The summed E-state index contributed by atoms with van der Waals surface area (Å²) in [7, 11) is 0.